The zero-order valence-corrected chi connectivity index (χ0v) is 10.7. The second-order valence-corrected chi connectivity index (χ2v) is 4.75. The third kappa shape index (κ3) is 1.75. The summed E-state index contributed by atoms with van der Waals surface area (Å²) >= 11 is 6.19. The molecular weight excluding hydrogens is 246 g/mol. The lowest BCUT2D eigenvalue weighted by Gasteiger charge is -2.01. The molecule has 0 spiro atoms. The summed E-state index contributed by atoms with van der Waals surface area (Å²) in [7, 11) is 0. The Bertz CT molecular complexity index is 730. The monoisotopic (exact) mass is 257 g/mol. The number of hydrogen-bond acceptors (Lipinski definition) is 2. The van der Waals surface area contributed by atoms with Gasteiger partial charge in [-0.15, -0.1) is 0 Å². The van der Waals surface area contributed by atoms with Gasteiger partial charge in [0.25, 0.3) is 0 Å². The molecule has 0 unspecified atom stereocenters. The highest BCUT2D eigenvalue weighted by molar-refractivity contribution is 6.33. The molecule has 18 heavy (non-hydrogen) atoms. The van der Waals surface area contributed by atoms with Crippen molar-refractivity contribution in [2.45, 2.75) is 6.92 Å². The van der Waals surface area contributed by atoms with Gasteiger partial charge in [-0.2, -0.15) is 0 Å². The Balaban J connectivity index is 2.23. The topological polar surface area (TPSA) is 39.2 Å². The molecule has 1 heterocycles. The number of halogens is 1. The number of anilines is 1. The van der Waals surface area contributed by atoms with Crippen LogP contribution >= 0.6 is 11.6 Å². The van der Waals surface area contributed by atoms with Crippen LogP contribution in [-0.4, -0.2) is 0 Å². The zero-order chi connectivity index (χ0) is 12.7. The first kappa shape index (κ1) is 11.2. The number of para-hydroxylation sites is 1. The third-order valence-corrected chi connectivity index (χ3v) is 3.31. The average Bonchev–Trinajstić information content (AvgIpc) is 2.74. The standard InChI is InChI=1S/C15H12ClNO/c1-9-3-2-4-10-7-14(18-15(9)10)12-6-5-11(17)8-13(12)16/h2-8H,17H2,1H3. The van der Waals surface area contributed by atoms with Crippen LogP contribution in [0.3, 0.4) is 0 Å². The molecule has 0 aliphatic heterocycles. The molecule has 0 atom stereocenters. The number of rotatable bonds is 1. The molecule has 0 amide bonds. The quantitative estimate of drug-likeness (QED) is 0.645. The summed E-state index contributed by atoms with van der Waals surface area (Å²) in [5.41, 5.74) is 9.22. The Kier molecular flexibility index (Phi) is 2.53. The maximum absolute atomic E-state index is 6.19. The van der Waals surface area contributed by atoms with Gasteiger partial charge in [-0.3, -0.25) is 0 Å². The molecule has 3 rings (SSSR count). The van der Waals surface area contributed by atoms with Crippen molar-refractivity contribution in [1.29, 1.82) is 0 Å². The van der Waals surface area contributed by atoms with Crippen LogP contribution in [0.1, 0.15) is 5.56 Å². The molecule has 3 heteroatoms. The predicted octanol–water partition coefficient (Wildman–Crippen LogP) is 4.64. The highest BCUT2D eigenvalue weighted by Gasteiger charge is 2.10. The number of nitrogens with two attached hydrogens (primary N) is 1. The van der Waals surface area contributed by atoms with Crippen LogP contribution in [0.15, 0.2) is 46.9 Å². The molecule has 2 N–H and O–H groups in total. The van der Waals surface area contributed by atoms with Crippen molar-refractivity contribution in [3.8, 4) is 11.3 Å². The summed E-state index contributed by atoms with van der Waals surface area (Å²) in [5.74, 6) is 0.768. The number of fused-ring (bicyclic) bond motifs is 1. The van der Waals surface area contributed by atoms with Crippen LogP contribution in [0.5, 0.6) is 0 Å². The molecule has 2 nitrogen and oxygen atoms in total. The molecule has 3 aromatic rings. The van der Waals surface area contributed by atoms with Crippen molar-refractivity contribution in [3.63, 3.8) is 0 Å². The number of hydrogen-bond donors (Lipinski definition) is 1. The summed E-state index contributed by atoms with van der Waals surface area (Å²) in [6.07, 6.45) is 0. The Morgan fingerprint density at radius 2 is 1.94 bits per heavy atom. The summed E-state index contributed by atoms with van der Waals surface area (Å²) in [4.78, 5) is 0. The molecule has 0 radical (unpaired) electrons. The van der Waals surface area contributed by atoms with Gasteiger partial charge in [0.2, 0.25) is 0 Å². The summed E-state index contributed by atoms with van der Waals surface area (Å²) in [6.45, 7) is 2.03. The van der Waals surface area contributed by atoms with Gasteiger partial charge in [0.15, 0.2) is 0 Å². The normalized spacial score (nSPS) is 11.0. The fourth-order valence-corrected chi connectivity index (χ4v) is 2.35. The fourth-order valence-electron chi connectivity index (χ4n) is 2.07. The van der Waals surface area contributed by atoms with E-state index in [-0.39, 0.29) is 0 Å². The Morgan fingerprint density at radius 3 is 2.67 bits per heavy atom. The second kappa shape index (κ2) is 4.07. The van der Waals surface area contributed by atoms with Crippen molar-refractivity contribution < 1.29 is 4.42 Å². The van der Waals surface area contributed by atoms with Gasteiger partial charge >= 0.3 is 0 Å². The minimum Gasteiger partial charge on any atom is -0.456 e. The van der Waals surface area contributed by atoms with Gasteiger partial charge in [-0.1, -0.05) is 29.8 Å². The molecule has 0 saturated carbocycles. The predicted molar refractivity (Wildman–Crippen MR) is 75.8 cm³/mol. The number of aryl methyl sites for hydroxylation is 1. The van der Waals surface area contributed by atoms with Gasteiger partial charge in [-0.25, -0.2) is 0 Å². The maximum atomic E-state index is 6.19. The first-order chi connectivity index (χ1) is 8.65. The molecular formula is C15H12ClNO. The Morgan fingerprint density at radius 1 is 1.11 bits per heavy atom. The van der Waals surface area contributed by atoms with E-state index >= 15 is 0 Å². The SMILES string of the molecule is Cc1cccc2cc(-c3ccc(N)cc3Cl)oc12. The van der Waals surface area contributed by atoms with Crippen molar-refractivity contribution in [1.82, 2.24) is 0 Å². The molecule has 90 valence electrons. The zero-order valence-electron chi connectivity index (χ0n) is 9.91. The van der Waals surface area contributed by atoms with Gasteiger partial charge < -0.3 is 10.2 Å². The van der Waals surface area contributed by atoms with Crippen molar-refractivity contribution in [2.75, 3.05) is 5.73 Å². The van der Waals surface area contributed by atoms with E-state index in [9.17, 15) is 0 Å². The number of nitrogen functional groups attached to an aromatic ring is 1. The van der Waals surface area contributed by atoms with Crippen LogP contribution in [-0.2, 0) is 0 Å². The minimum absolute atomic E-state index is 0.603. The van der Waals surface area contributed by atoms with E-state index in [4.69, 9.17) is 21.8 Å². The minimum atomic E-state index is 0.603. The summed E-state index contributed by atoms with van der Waals surface area (Å²) < 4.78 is 5.88. The van der Waals surface area contributed by atoms with Crippen LogP contribution in [0, 0.1) is 6.92 Å². The first-order valence-electron chi connectivity index (χ1n) is 5.70. The molecule has 0 saturated heterocycles. The van der Waals surface area contributed by atoms with Crippen LogP contribution in [0.25, 0.3) is 22.3 Å². The third-order valence-electron chi connectivity index (χ3n) is 3.00. The molecule has 1 aromatic heterocycles. The molecule has 0 fully saturated rings. The lowest BCUT2D eigenvalue weighted by atomic mass is 10.1. The van der Waals surface area contributed by atoms with Gasteiger partial charge in [-0.05, 0) is 36.8 Å². The van der Waals surface area contributed by atoms with Crippen LogP contribution in [0.4, 0.5) is 5.69 Å². The Labute approximate surface area is 110 Å². The second-order valence-electron chi connectivity index (χ2n) is 4.34. The van der Waals surface area contributed by atoms with E-state index in [1.807, 2.05) is 43.3 Å². The van der Waals surface area contributed by atoms with Crippen molar-refractivity contribution >= 4 is 28.3 Å². The fraction of sp³-hybridized carbons (Fsp3) is 0.0667. The van der Waals surface area contributed by atoms with Crippen molar-refractivity contribution in [3.05, 3.63) is 53.1 Å². The van der Waals surface area contributed by atoms with Crippen LogP contribution in [0.2, 0.25) is 5.02 Å². The molecule has 2 aromatic carbocycles. The molecule has 0 bridgehead atoms. The maximum Gasteiger partial charge on any atom is 0.137 e. The van der Waals surface area contributed by atoms with Gasteiger partial charge in [0, 0.05) is 16.6 Å². The van der Waals surface area contributed by atoms with E-state index in [0.29, 0.717) is 10.7 Å². The first-order valence-corrected chi connectivity index (χ1v) is 6.07. The highest BCUT2D eigenvalue weighted by atomic mass is 35.5. The smallest absolute Gasteiger partial charge is 0.137 e. The number of benzene rings is 2. The number of furan rings is 1. The van der Waals surface area contributed by atoms with E-state index in [1.54, 1.807) is 6.07 Å². The van der Waals surface area contributed by atoms with Crippen LogP contribution < -0.4 is 5.73 Å². The lowest BCUT2D eigenvalue weighted by molar-refractivity contribution is 0.629. The summed E-state index contributed by atoms with van der Waals surface area (Å²) in [6, 6.07) is 13.5. The highest BCUT2D eigenvalue weighted by Crippen LogP contribution is 2.34. The Hall–Kier alpha value is -1.93. The largest absolute Gasteiger partial charge is 0.456 e. The van der Waals surface area contributed by atoms with Gasteiger partial charge in [0.05, 0.1) is 5.02 Å². The van der Waals surface area contributed by atoms with E-state index < -0.39 is 0 Å². The lowest BCUT2D eigenvalue weighted by Crippen LogP contribution is -1.84. The van der Waals surface area contributed by atoms with E-state index in [2.05, 4.69) is 0 Å². The summed E-state index contributed by atoms with van der Waals surface area (Å²) in [5, 5.41) is 1.68. The average molecular weight is 258 g/mol. The molecule has 0 aliphatic rings. The van der Waals surface area contributed by atoms with Crippen molar-refractivity contribution in [2.24, 2.45) is 0 Å². The van der Waals surface area contributed by atoms with E-state index in [1.165, 1.54) is 0 Å². The van der Waals surface area contributed by atoms with E-state index in [0.717, 1.165) is 27.9 Å². The van der Waals surface area contributed by atoms with Gasteiger partial charge in [0.1, 0.15) is 11.3 Å². The molecule has 0 aliphatic carbocycles.